The fraction of sp³-hybridized carbons (Fsp3) is 0.800. The van der Waals surface area contributed by atoms with Crippen molar-refractivity contribution in [3.8, 4) is 0 Å². The highest BCUT2D eigenvalue weighted by Crippen LogP contribution is 2.28. The summed E-state index contributed by atoms with van der Waals surface area (Å²) >= 11 is 0. The molecule has 0 radical (unpaired) electrons. The zero-order valence-corrected chi connectivity index (χ0v) is 21.4. The summed E-state index contributed by atoms with van der Waals surface area (Å²) < 4.78 is 41.3. The highest BCUT2D eigenvalue weighted by Gasteiger charge is 2.30. The van der Waals surface area contributed by atoms with E-state index in [1.54, 1.807) is 0 Å². The lowest BCUT2D eigenvalue weighted by molar-refractivity contribution is -0.324. The van der Waals surface area contributed by atoms with E-state index in [1.807, 2.05) is 26.8 Å². The molecule has 1 atom stereocenters. The normalized spacial score (nSPS) is 24.4. The summed E-state index contributed by atoms with van der Waals surface area (Å²) in [6.45, 7) is 11.5. The quantitative estimate of drug-likeness (QED) is 0.517. The molecule has 10 heteroatoms. The Hall–Kier alpha value is -1.94. The number of ether oxygens (including phenoxy) is 1. The van der Waals surface area contributed by atoms with Gasteiger partial charge in [-0.05, 0) is 51.5 Å². The molecule has 1 aliphatic heterocycles. The SMILES string of the molecule is CC1CN(CCC2CCC(NC=O)CC2)CCN1c1cc(CCOC(F)(F)F)nc(C(C)(C)C)n1. The van der Waals surface area contributed by atoms with E-state index in [0.717, 1.165) is 51.2 Å². The number of halogens is 3. The first-order chi connectivity index (χ1) is 16.4. The number of carbonyl (C=O) groups excluding carboxylic acids is 1. The van der Waals surface area contributed by atoms with Crippen molar-refractivity contribution in [2.75, 3.05) is 37.7 Å². The largest absolute Gasteiger partial charge is 0.522 e. The maximum atomic E-state index is 12.4. The maximum absolute atomic E-state index is 12.4. The molecule has 3 rings (SSSR count). The monoisotopic (exact) mass is 499 g/mol. The van der Waals surface area contributed by atoms with Crippen LogP contribution < -0.4 is 10.2 Å². The van der Waals surface area contributed by atoms with Crippen LogP contribution in [0.4, 0.5) is 19.0 Å². The Morgan fingerprint density at radius 3 is 2.46 bits per heavy atom. The third kappa shape index (κ3) is 8.59. The van der Waals surface area contributed by atoms with E-state index in [-0.39, 0.29) is 17.9 Å². The summed E-state index contributed by atoms with van der Waals surface area (Å²) in [6.07, 6.45) is 1.88. The molecule has 2 heterocycles. The Labute approximate surface area is 206 Å². The summed E-state index contributed by atoms with van der Waals surface area (Å²) in [5.74, 6) is 2.12. The molecule has 0 spiro atoms. The summed E-state index contributed by atoms with van der Waals surface area (Å²) in [5.41, 5.74) is 0.250. The zero-order valence-electron chi connectivity index (χ0n) is 21.4. The molecular formula is C25H40F3N5O2. The van der Waals surface area contributed by atoms with E-state index >= 15 is 0 Å². The van der Waals surface area contributed by atoms with Crippen molar-refractivity contribution in [3.05, 3.63) is 17.6 Å². The van der Waals surface area contributed by atoms with Crippen LogP contribution in [0.1, 0.15) is 71.3 Å². The molecule has 2 fully saturated rings. The summed E-state index contributed by atoms with van der Waals surface area (Å²) in [6, 6.07) is 2.38. The van der Waals surface area contributed by atoms with Gasteiger partial charge in [0, 0.05) is 55.3 Å². The predicted molar refractivity (Wildman–Crippen MR) is 129 cm³/mol. The van der Waals surface area contributed by atoms with E-state index in [9.17, 15) is 18.0 Å². The van der Waals surface area contributed by atoms with Gasteiger partial charge >= 0.3 is 6.36 Å². The minimum atomic E-state index is -4.64. The van der Waals surface area contributed by atoms with Crippen molar-refractivity contribution in [1.29, 1.82) is 0 Å². The van der Waals surface area contributed by atoms with Crippen LogP contribution >= 0.6 is 0 Å². The molecule has 1 aliphatic carbocycles. The van der Waals surface area contributed by atoms with E-state index in [1.165, 1.54) is 19.3 Å². The molecule has 7 nitrogen and oxygen atoms in total. The Morgan fingerprint density at radius 2 is 1.86 bits per heavy atom. The maximum Gasteiger partial charge on any atom is 0.522 e. The second-order valence-corrected chi connectivity index (χ2v) is 11.0. The number of nitrogens with one attached hydrogen (secondary N) is 1. The summed E-state index contributed by atoms with van der Waals surface area (Å²) in [5, 5.41) is 2.91. The van der Waals surface area contributed by atoms with Crippen molar-refractivity contribution < 1.29 is 22.7 Å². The molecule has 2 aliphatic rings. The number of hydrogen-bond donors (Lipinski definition) is 1. The first-order valence-corrected chi connectivity index (χ1v) is 12.7. The molecule has 1 N–H and O–H groups in total. The third-order valence-electron chi connectivity index (χ3n) is 7.07. The van der Waals surface area contributed by atoms with Crippen LogP contribution in [-0.4, -0.2) is 72.5 Å². The second-order valence-electron chi connectivity index (χ2n) is 11.0. The second kappa shape index (κ2) is 11.9. The van der Waals surface area contributed by atoms with Gasteiger partial charge in [0.2, 0.25) is 6.41 Å². The number of amides is 1. The van der Waals surface area contributed by atoms with Crippen LogP contribution in [0.15, 0.2) is 6.07 Å². The Kier molecular flexibility index (Phi) is 9.37. The summed E-state index contributed by atoms with van der Waals surface area (Å²) in [4.78, 5) is 24.7. The number of piperazine rings is 1. The average molecular weight is 500 g/mol. The summed E-state index contributed by atoms with van der Waals surface area (Å²) in [7, 11) is 0. The van der Waals surface area contributed by atoms with Crippen LogP contribution in [0.25, 0.3) is 0 Å². The zero-order chi connectivity index (χ0) is 25.6. The fourth-order valence-corrected chi connectivity index (χ4v) is 5.02. The number of anilines is 1. The molecule has 0 aromatic carbocycles. The van der Waals surface area contributed by atoms with Crippen molar-refractivity contribution in [2.45, 2.75) is 90.1 Å². The van der Waals surface area contributed by atoms with Gasteiger partial charge in [-0.25, -0.2) is 9.97 Å². The molecule has 1 saturated carbocycles. The Morgan fingerprint density at radius 1 is 1.14 bits per heavy atom. The standard InChI is InChI=1S/C25H40F3N5O2/c1-18-16-32(11-9-19-5-7-20(8-6-19)29-17-34)12-13-33(18)22-15-21(10-14-35-25(26,27)28)30-23(31-22)24(2,3)4/h15,17-20H,5-14,16H2,1-4H3,(H,29,34). The van der Waals surface area contributed by atoms with Gasteiger partial charge in [-0.1, -0.05) is 20.8 Å². The van der Waals surface area contributed by atoms with Crippen molar-refractivity contribution >= 4 is 12.2 Å². The minimum absolute atomic E-state index is 0.0804. The van der Waals surface area contributed by atoms with Crippen LogP contribution in [0.5, 0.6) is 0 Å². The van der Waals surface area contributed by atoms with Crippen LogP contribution in [0, 0.1) is 5.92 Å². The first kappa shape index (κ1) is 27.6. The fourth-order valence-electron chi connectivity index (χ4n) is 5.02. The van der Waals surface area contributed by atoms with Gasteiger partial charge in [0.1, 0.15) is 11.6 Å². The minimum Gasteiger partial charge on any atom is -0.356 e. The molecule has 1 aromatic heterocycles. The molecule has 1 saturated heterocycles. The number of hydrogen-bond acceptors (Lipinski definition) is 6. The van der Waals surface area contributed by atoms with Crippen LogP contribution in [0.3, 0.4) is 0 Å². The molecule has 1 unspecified atom stereocenters. The van der Waals surface area contributed by atoms with Gasteiger partial charge < -0.3 is 10.2 Å². The molecule has 198 valence electrons. The van der Waals surface area contributed by atoms with Gasteiger partial charge in [0.25, 0.3) is 0 Å². The van der Waals surface area contributed by atoms with Crippen molar-refractivity contribution in [3.63, 3.8) is 0 Å². The van der Waals surface area contributed by atoms with Crippen LogP contribution in [-0.2, 0) is 21.4 Å². The van der Waals surface area contributed by atoms with Crippen LogP contribution in [0.2, 0.25) is 0 Å². The Balaban J connectivity index is 1.58. The van der Waals surface area contributed by atoms with Gasteiger partial charge in [0.05, 0.1) is 6.61 Å². The Bertz CT molecular complexity index is 822. The smallest absolute Gasteiger partial charge is 0.356 e. The number of carbonyl (C=O) groups is 1. The highest BCUT2D eigenvalue weighted by atomic mass is 19.4. The number of nitrogens with zero attached hydrogens (tertiary/aromatic N) is 4. The van der Waals surface area contributed by atoms with Gasteiger partial charge in [-0.15, -0.1) is 13.2 Å². The average Bonchev–Trinajstić information content (AvgIpc) is 2.77. The molecule has 35 heavy (non-hydrogen) atoms. The van der Waals surface area contributed by atoms with E-state index < -0.39 is 13.0 Å². The number of aromatic nitrogens is 2. The lowest BCUT2D eigenvalue weighted by Gasteiger charge is -2.41. The number of rotatable bonds is 9. The number of alkyl halides is 3. The lowest BCUT2D eigenvalue weighted by atomic mass is 9.84. The topological polar surface area (TPSA) is 70.6 Å². The molecule has 1 aromatic rings. The molecule has 1 amide bonds. The van der Waals surface area contributed by atoms with Gasteiger partial charge in [0.15, 0.2) is 0 Å². The molecule has 0 bridgehead atoms. The highest BCUT2D eigenvalue weighted by molar-refractivity contribution is 5.46. The first-order valence-electron chi connectivity index (χ1n) is 12.7. The van der Waals surface area contributed by atoms with E-state index in [0.29, 0.717) is 23.5 Å². The predicted octanol–water partition coefficient (Wildman–Crippen LogP) is 4.06. The van der Waals surface area contributed by atoms with E-state index in [4.69, 9.17) is 4.98 Å². The lowest BCUT2D eigenvalue weighted by Crippen LogP contribution is -2.52. The van der Waals surface area contributed by atoms with E-state index in [2.05, 4.69) is 31.8 Å². The third-order valence-corrected chi connectivity index (χ3v) is 7.07. The van der Waals surface area contributed by atoms with Gasteiger partial charge in [-0.3, -0.25) is 14.4 Å². The van der Waals surface area contributed by atoms with Crippen molar-refractivity contribution in [2.24, 2.45) is 5.92 Å². The van der Waals surface area contributed by atoms with Crippen molar-refractivity contribution in [1.82, 2.24) is 20.2 Å². The van der Waals surface area contributed by atoms with Gasteiger partial charge in [-0.2, -0.15) is 0 Å². The molecular weight excluding hydrogens is 459 g/mol.